The van der Waals surface area contributed by atoms with Gasteiger partial charge in [0.05, 0.1) is 16.8 Å². The lowest BCUT2D eigenvalue weighted by atomic mass is 10.0. The van der Waals surface area contributed by atoms with Gasteiger partial charge in [-0.15, -0.1) is 0 Å². The normalized spacial score (nSPS) is 16.2. The van der Waals surface area contributed by atoms with Gasteiger partial charge in [0.25, 0.3) is 5.91 Å². The minimum absolute atomic E-state index is 0.0792. The number of nitrogens with one attached hydrogen (secondary N) is 2. The van der Waals surface area contributed by atoms with E-state index in [-0.39, 0.29) is 5.91 Å². The Morgan fingerprint density at radius 3 is 2.71 bits per heavy atom. The van der Waals surface area contributed by atoms with Crippen molar-refractivity contribution in [2.24, 2.45) is 0 Å². The monoisotopic (exact) mass is 524 g/mol. The lowest BCUT2D eigenvalue weighted by Crippen LogP contribution is -2.29. The summed E-state index contributed by atoms with van der Waals surface area (Å²) < 4.78 is 2.13. The Morgan fingerprint density at radius 1 is 1.05 bits per heavy atom. The third-order valence-electron chi connectivity index (χ3n) is 7.26. The number of hydrogen-bond acceptors (Lipinski definition) is 6. The number of nitrogens with zero attached hydrogens (tertiary/aromatic N) is 4. The number of fused-ring (bicyclic) bond motifs is 1. The van der Waals surface area contributed by atoms with Gasteiger partial charge in [-0.3, -0.25) is 14.1 Å². The molecule has 0 spiro atoms. The minimum Gasteiger partial charge on any atom is -0.332 e. The van der Waals surface area contributed by atoms with E-state index in [0.717, 1.165) is 57.7 Å². The lowest BCUT2D eigenvalue weighted by Gasteiger charge is -2.26. The van der Waals surface area contributed by atoms with Gasteiger partial charge in [-0.05, 0) is 93.2 Å². The van der Waals surface area contributed by atoms with Gasteiger partial charge in [-0.1, -0.05) is 29.9 Å². The zero-order valence-electron chi connectivity index (χ0n) is 21.6. The molecule has 194 valence electrons. The Kier molecular flexibility index (Phi) is 7.07. The Morgan fingerprint density at radius 2 is 1.89 bits per heavy atom. The molecule has 3 aromatic heterocycles. The van der Waals surface area contributed by atoms with E-state index in [1.165, 1.54) is 37.9 Å². The first kappa shape index (κ1) is 24.6. The van der Waals surface area contributed by atoms with Crippen LogP contribution in [0, 0.1) is 0 Å². The first-order valence-corrected chi connectivity index (χ1v) is 14.1. The average Bonchev–Trinajstić information content (AvgIpc) is 3.57. The van der Waals surface area contributed by atoms with Gasteiger partial charge in [0.15, 0.2) is 5.13 Å². The summed E-state index contributed by atoms with van der Waals surface area (Å²) in [6, 6.07) is 11.9. The number of pyridine rings is 1. The Bertz CT molecular complexity index is 1510. The van der Waals surface area contributed by atoms with E-state index in [4.69, 9.17) is 0 Å². The molecule has 7 nitrogen and oxygen atoms in total. The molecule has 1 aromatic carbocycles. The summed E-state index contributed by atoms with van der Waals surface area (Å²) in [4.78, 5) is 25.5. The number of carbonyl (C=O) groups excluding carboxylic acids is 1. The van der Waals surface area contributed by atoms with Gasteiger partial charge in [0.2, 0.25) is 0 Å². The summed E-state index contributed by atoms with van der Waals surface area (Å²) in [7, 11) is 0. The molecule has 8 heteroatoms. The third-order valence-corrected chi connectivity index (χ3v) is 8.19. The highest BCUT2D eigenvalue weighted by Gasteiger charge is 2.14. The third kappa shape index (κ3) is 5.42. The number of amides is 1. The van der Waals surface area contributed by atoms with Crippen molar-refractivity contribution in [2.75, 3.05) is 18.4 Å². The van der Waals surface area contributed by atoms with Crippen LogP contribution in [0.15, 0.2) is 78.4 Å². The van der Waals surface area contributed by atoms with Crippen molar-refractivity contribution in [1.29, 1.82) is 0 Å². The fourth-order valence-corrected chi connectivity index (χ4v) is 5.96. The number of likely N-dealkylation sites (tertiary alicyclic amines) is 1. The molecular weight excluding hydrogens is 492 g/mol. The maximum absolute atomic E-state index is 12.7. The number of rotatable bonds is 7. The SMILES string of the molecule is CC1=C(NC(=O)c2ccc(Nc3ncc(-c4cnc5cc(CN6CCCCC6)ccn45)s3)cc2)CCC=C1. The summed E-state index contributed by atoms with van der Waals surface area (Å²) in [6.07, 6.45) is 15.9. The standard InChI is InChI=1S/C30H32N6OS/c1-21-7-3-4-8-25(21)34-29(37)23-9-11-24(12-10-23)33-30-32-19-27(38-30)26-18-31-28-17-22(13-16-36(26)28)20-35-14-5-2-6-15-35/h3,7,9-13,16-19H,2,4-6,8,14-15,20H2,1H3,(H,32,33)(H,34,37). The molecule has 0 saturated carbocycles. The Labute approximate surface area is 226 Å². The van der Waals surface area contributed by atoms with Gasteiger partial charge in [0, 0.05) is 35.9 Å². The van der Waals surface area contributed by atoms with Gasteiger partial charge in [0.1, 0.15) is 5.65 Å². The molecular formula is C30H32N6OS. The van der Waals surface area contributed by atoms with Crippen LogP contribution < -0.4 is 10.6 Å². The van der Waals surface area contributed by atoms with Crippen molar-refractivity contribution < 1.29 is 4.79 Å². The lowest BCUT2D eigenvalue weighted by molar-refractivity contribution is 0.0964. The number of anilines is 2. The van der Waals surface area contributed by atoms with Crippen LogP contribution >= 0.6 is 11.3 Å². The summed E-state index contributed by atoms with van der Waals surface area (Å²) >= 11 is 1.58. The van der Waals surface area contributed by atoms with E-state index < -0.39 is 0 Å². The van der Waals surface area contributed by atoms with Gasteiger partial charge in [-0.25, -0.2) is 9.97 Å². The van der Waals surface area contributed by atoms with Crippen LogP contribution in [0.2, 0.25) is 0 Å². The second-order valence-electron chi connectivity index (χ2n) is 10.0. The highest BCUT2D eigenvalue weighted by molar-refractivity contribution is 7.18. The summed E-state index contributed by atoms with van der Waals surface area (Å²) in [5, 5.41) is 7.22. The highest BCUT2D eigenvalue weighted by Crippen LogP contribution is 2.31. The molecule has 4 heterocycles. The number of piperidine rings is 1. The molecule has 1 aliphatic heterocycles. The Balaban J connectivity index is 1.11. The van der Waals surface area contributed by atoms with Crippen LogP contribution in [0.5, 0.6) is 0 Å². The van der Waals surface area contributed by atoms with E-state index in [2.05, 4.69) is 60.4 Å². The molecule has 0 radical (unpaired) electrons. The number of benzene rings is 1. The summed E-state index contributed by atoms with van der Waals surface area (Å²) in [5.41, 5.74) is 6.94. The van der Waals surface area contributed by atoms with E-state index in [0.29, 0.717) is 5.56 Å². The van der Waals surface area contributed by atoms with Crippen LogP contribution in [0.25, 0.3) is 16.2 Å². The number of thiazole rings is 1. The largest absolute Gasteiger partial charge is 0.332 e. The van der Waals surface area contributed by atoms with Crippen molar-refractivity contribution in [3.63, 3.8) is 0 Å². The minimum atomic E-state index is -0.0792. The number of allylic oxidation sites excluding steroid dienone is 4. The molecule has 6 rings (SSSR count). The number of hydrogen-bond donors (Lipinski definition) is 2. The number of imidazole rings is 1. The van der Waals surface area contributed by atoms with E-state index in [1.807, 2.05) is 43.6 Å². The first-order valence-electron chi connectivity index (χ1n) is 13.3. The molecule has 0 atom stereocenters. The van der Waals surface area contributed by atoms with Crippen molar-refractivity contribution in [3.05, 3.63) is 89.5 Å². The highest BCUT2D eigenvalue weighted by atomic mass is 32.1. The molecule has 1 fully saturated rings. The quantitative estimate of drug-likeness (QED) is 0.287. The van der Waals surface area contributed by atoms with Gasteiger partial charge in [-0.2, -0.15) is 0 Å². The molecule has 1 saturated heterocycles. The molecule has 1 amide bonds. The van der Waals surface area contributed by atoms with Crippen LogP contribution in [0.3, 0.4) is 0 Å². The zero-order valence-corrected chi connectivity index (χ0v) is 22.4. The second-order valence-corrected chi connectivity index (χ2v) is 11.1. The van der Waals surface area contributed by atoms with Crippen molar-refractivity contribution in [1.82, 2.24) is 24.6 Å². The number of carbonyl (C=O) groups is 1. The smallest absolute Gasteiger partial charge is 0.255 e. The van der Waals surface area contributed by atoms with Crippen molar-refractivity contribution >= 4 is 33.7 Å². The fraction of sp³-hybridized carbons (Fsp3) is 0.300. The fourth-order valence-electron chi connectivity index (χ4n) is 5.11. The molecule has 1 aliphatic carbocycles. The van der Waals surface area contributed by atoms with Gasteiger partial charge >= 0.3 is 0 Å². The molecule has 0 unspecified atom stereocenters. The van der Waals surface area contributed by atoms with E-state index in [9.17, 15) is 4.79 Å². The predicted molar refractivity (Wildman–Crippen MR) is 154 cm³/mol. The molecule has 2 N–H and O–H groups in total. The molecule has 4 aromatic rings. The summed E-state index contributed by atoms with van der Waals surface area (Å²) in [6.45, 7) is 5.39. The zero-order chi connectivity index (χ0) is 25.9. The van der Waals surface area contributed by atoms with Crippen LogP contribution in [0.1, 0.15) is 54.9 Å². The predicted octanol–water partition coefficient (Wildman–Crippen LogP) is 6.54. The maximum atomic E-state index is 12.7. The maximum Gasteiger partial charge on any atom is 0.255 e. The number of aromatic nitrogens is 3. The van der Waals surface area contributed by atoms with Crippen molar-refractivity contribution in [3.8, 4) is 10.6 Å². The molecule has 38 heavy (non-hydrogen) atoms. The van der Waals surface area contributed by atoms with Crippen LogP contribution in [0.4, 0.5) is 10.8 Å². The average molecular weight is 525 g/mol. The van der Waals surface area contributed by atoms with Crippen LogP contribution in [-0.4, -0.2) is 38.3 Å². The van der Waals surface area contributed by atoms with E-state index in [1.54, 1.807) is 11.3 Å². The Hall–Kier alpha value is -3.75. The van der Waals surface area contributed by atoms with Crippen molar-refractivity contribution in [2.45, 2.75) is 45.6 Å². The molecule has 0 bridgehead atoms. The topological polar surface area (TPSA) is 74.6 Å². The second kappa shape index (κ2) is 10.9. The first-order chi connectivity index (χ1) is 18.6. The molecule has 2 aliphatic rings. The van der Waals surface area contributed by atoms with E-state index >= 15 is 0 Å². The van der Waals surface area contributed by atoms with Gasteiger partial charge < -0.3 is 10.6 Å². The van der Waals surface area contributed by atoms with Crippen LogP contribution in [-0.2, 0) is 6.54 Å². The summed E-state index contributed by atoms with van der Waals surface area (Å²) in [5.74, 6) is -0.0792.